The van der Waals surface area contributed by atoms with Crippen molar-refractivity contribution < 1.29 is 4.92 Å². The average Bonchev–Trinajstić information content (AvgIpc) is 2.46. The van der Waals surface area contributed by atoms with Crippen LogP contribution in [0, 0.1) is 17.0 Å². The van der Waals surface area contributed by atoms with Crippen molar-refractivity contribution in [2.45, 2.75) is 13.8 Å². The Kier molecular flexibility index (Phi) is 4.05. The molecule has 2 rings (SSSR count). The van der Waals surface area contributed by atoms with Gasteiger partial charge in [-0.1, -0.05) is 12.1 Å². The zero-order chi connectivity index (χ0) is 14.5. The van der Waals surface area contributed by atoms with E-state index in [4.69, 9.17) is 0 Å². The third-order valence-corrected chi connectivity index (χ3v) is 2.73. The molecule has 0 aliphatic carbocycles. The Morgan fingerprint density at radius 1 is 1.35 bits per heavy atom. The highest BCUT2D eigenvalue weighted by molar-refractivity contribution is 5.97. The van der Waals surface area contributed by atoms with Gasteiger partial charge >= 0.3 is 0 Å². The van der Waals surface area contributed by atoms with E-state index in [2.05, 4.69) is 15.5 Å². The van der Waals surface area contributed by atoms with Gasteiger partial charge in [-0.25, -0.2) is 0 Å². The Bertz CT molecular complexity index is 653. The molecule has 0 bridgehead atoms. The van der Waals surface area contributed by atoms with E-state index >= 15 is 0 Å². The summed E-state index contributed by atoms with van der Waals surface area (Å²) in [6, 6.07) is 10.4. The van der Waals surface area contributed by atoms with Gasteiger partial charge < -0.3 is 0 Å². The molecule has 0 spiro atoms. The molecule has 102 valence electrons. The maximum atomic E-state index is 11.0. The van der Waals surface area contributed by atoms with E-state index in [9.17, 15) is 10.1 Å². The van der Waals surface area contributed by atoms with Crippen LogP contribution < -0.4 is 5.43 Å². The van der Waals surface area contributed by atoms with Crippen LogP contribution in [0.15, 0.2) is 47.7 Å². The predicted molar refractivity (Wildman–Crippen MR) is 77.9 cm³/mol. The van der Waals surface area contributed by atoms with Gasteiger partial charge in [0.05, 0.1) is 16.3 Å². The quantitative estimate of drug-likeness (QED) is 0.525. The first-order chi connectivity index (χ1) is 9.58. The molecule has 0 aliphatic rings. The minimum Gasteiger partial charge on any atom is -0.271 e. The van der Waals surface area contributed by atoms with Crippen LogP contribution in [0.4, 0.5) is 11.4 Å². The lowest BCUT2D eigenvalue weighted by atomic mass is 10.2. The highest BCUT2D eigenvalue weighted by Crippen LogP contribution is 2.25. The molecule has 1 heterocycles. The minimum atomic E-state index is -0.430. The Morgan fingerprint density at radius 3 is 2.80 bits per heavy atom. The molecule has 0 unspecified atom stereocenters. The summed E-state index contributed by atoms with van der Waals surface area (Å²) in [6.07, 6.45) is 1.67. The smallest absolute Gasteiger partial charge is 0.271 e. The fraction of sp³-hybridized carbons (Fsp3) is 0.143. The monoisotopic (exact) mass is 270 g/mol. The number of aromatic nitrogens is 1. The minimum absolute atomic E-state index is 0.00238. The van der Waals surface area contributed by atoms with E-state index in [0.29, 0.717) is 11.4 Å². The predicted octanol–water partition coefficient (Wildman–Crippen LogP) is 3.13. The largest absolute Gasteiger partial charge is 0.294 e. The van der Waals surface area contributed by atoms with E-state index in [1.54, 1.807) is 32.2 Å². The van der Waals surface area contributed by atoms with Crippen molar-refractivity contribution in [1.82, 2.24) is 4.98 Å². The van der Waals surface area contributed by atoms with E-state index in [1.165, 1.54) is 6.07 Å². The number of hydrogen-bond acceptors (Lipinski definition) is 5. The molecular formula is C14H14N4O2. The maximum absolute atomic E-state index is 11.0. The number of pyridine rings is 1. The number of hydrogen-bond donors (Lipinski definition) is 1. The van der Waals surface area contributed by atoms with Crippen molar-refractivity contribution in [2.24, 2.45) is 5.10 Å². The lowest BCUT2D eigenvalue weighted by Crippen LogP contribution is -2.03. The maximum Gasteiger partial charge on any atom is 0.294 e. The van der Waals surface area contributed by atoms with E-state index in [1.807, 2.05) is 18.2 Å². The number of aryl methyl sites for hydroxylation is 1. The number of hydrazone groups is 1. The molecule has 1 aromatic carbocycles. The van der Waals surface area contributed by atoms with Crippen molar-refractivity contribution >= 4 is 17.1 Å². The highest BCUT2D eigenvalue weighted by Gasteiger charge is 2.13. The molecule has 20 heavy (non-hydrogen) atoms. The van der Waals surface area contributed by atoms with Crippen LogP contribution in [0.25, 0.3) is 0 Å². The Hall–Kier alpha value is -2.76. The normalized spacial score (nSPS) is 11.2. The second kappa shape index (κ2) is 5.92. The van der Waals surface area contributed by atoms with Gasteiger partial charge in [-0.2, -0.15) is 5.10 Å². The molecule has 0 fully saturated rings. The van der Waals surface area contributed by atoms with Crippen molar-refractivity contribution in [1.29, 1.82) is 0 Å². The summed E-state index contributed by atoms with van der Waals surface area (Å²) in [6.45, 7) is 3.59. The molecule has 1 aromatic heterocycles. The standard InChI is InChI=1S/C14H14N4O2/c1-10-6-7-13(14(9-10)18(19)20)17-16-11(2)12-5-3-4-8-15-12/h3-9,17H,1-2H3. The third-order valence-electron chi connectivity index (χ3n) is 2.73. The first kappa shape index (κ1) is 13.7. The number of nitro benzene ring substituents is 1. The summed E-state index contributed by atoms with van der Waals surface area (Å²) in [4.78, 5) is 14.7. The summed E-state index contributed by atoms with van der Waals surface area (Å²) >= 11 is 0. The van der Waals surface area contributed by atoms with Crippen molar-refractivity contribution in [2.75, 3.05) is 5.43 Å². The number of rotatable bonds is 4. The summed E-state index contributed by atoms with van der Waals surface area (Å²) in [5.74, 6) is 0. The molecule has 0 radical (unpaired) electrons. The fourth-order valence-electron chi connectivity index (χ4n) is 1.67. The molecular weight excluding hydrogens is 256 g/mol. The second-order valence-electron chi connectivity index (χ2n) is 4.30. The van der Waals surface area contributed by atoms with Gasteiger partial charge in [0, 0.05) is 12.3 Å². The topological polar surface area (TPSA) is 80.4 Å². The van der Waals surface area contributed by atoms with Crippen LogP contribution in [-0.2, 0) is 0 Å². The van der Waals surface area contributed by atoms with Crippen LogP contribution in [-0.4, -0.2) is 15.6 Å². The molecule has 6 heteroatoms. The molecule has 0 saturated carbocycles. The fourth-order valence-corrected chi connectivity index (χ4v) is 1.67. The van der Waals surface area contributed by atoms with Gasteiger partial charge in [-0.3, -0.25) is 20.5 Å². The summed E-state index contributed by atoms with van der Waals surface area (Å²) in [5, 5.41) is 15.1. The number of nitrogens with zero attached hydrogens (tertiary/aromatic N) is 3. The summed E-state index contributed by atoms with van der Waals surface area (Å²) in [7, 11) is 0. The first-order valence-electron chi connectivity index (χ1n) is 6.04. The van der Waals surface area contributed by atoms with Gasteiger partial charge in [-0.15, -0.1) is 0 Å². The highest BCUT2D eigenvalue weighted by atomic mass is 16.6. The molecule has 2 aromatic rings. The number of nitro groups is 1. The molecule has 1 N–H and O–H groups in total. The lowest BCUT2D eigenvalue weighted by molar-refractivity contribution is -0.384. The van der Waals surface area contributed by atoms with Crippen LogP contribution in [0.5, 0.6) is 0 Å². The Labute approximate surface area is 116 Å². The van der Waals surface area contributed by atoms with Crippen LogP contribution >= 0.6 is 0 Å². The molecule has 0 atom stereocenters. The summed E-state index contributed by atoms with van der Waals surface area (Å²) in [5.41, 5.74) is 5.28. The Morgan fingerprint density at radius 2 is 2.15 bits per heavy atom. The van der Waals surface area contributed by atoms with Crippen LogP contribution in [0.2, 0.25) is 0 Å². The Balaban J connectivity index is 2.25. The van der Waals surface area contributed by atoms with Gasteiger partial charge in [-0.05, 0) is 37.6 Å². The summed E-state index contributed by atoms with van der Waals surface area (Å²) < 4.78 is 0. The van der Waals surface area contributed by atoms with E-state index < -0.39 is 4.92 Å². The SMILES string of the molecule is CC(=NNc1ccc(C)cc1[N+](=O)[O-])c1ccccn1. The average molecular weight is 270 g/mol. The van der Waals surface area contributed by atoms with Gasteiger partial charge in [0.25, 0.3) is 5.69 Å². The molecule has 6 nitrogen and oxygen atoms in total. The van der Waals surface area contributed by atoms with Crippen molar-refractivity contribution in [3.05, 3.63) is 64.0 Å². The zero-order valence-electron chi connectivity index (χ0n) is 11.2. The zero-order valence-corrected chi connectivity index (χ0v) is 11.2. The van der Waals surface area contributed by atoms with Crippen molar-refractivity contribution in [3.63, 3.8) is 0 Å². The second-order valence-corrected chi connectivity index (χ2v) is 4.30. The molecule has 0 amide bonds. The number of anilines is 1. The van der Waals surface area contributed by atoms with Crippen LogP contribution in [0.1, 0.15) is 18.2 Å². The van der Waals surface area contributed by atoms with Gasteiger partial charge in [0.2, 0.25) is 0 Å². The number of nitrogens with one attached hydrogen (secondary N) is 1. The van der Waals surface area contributed by atoms with Gasteiger partial charge in [0.1, 0.15) is 5.69 Å². The van der Waals surface area contributed by atoms with E-state index in [-0.39, 0.29) is 5.69 Å². The molecule has 0 aliphatic heterocycles. The molecule has 0 saturated heterocycles. The van der Waals surface area contributed by atoms with Gasteiger partial charge in [0.15, 0.2) is 0 Å². The first-order valence-corrected chi connectivity index (χ1v) is 6.04. The lowest BCUT2D eigenvalue weighted by Gasteiger charge is -2.04. The van der Waals surface area contributed by atoms with Crippen molar-refractivity contribution in [3.8, 4) is 0 Å². The van der Waals surface area contributed by atoms with E-state index in [0.717, 1.165) is 11.3 Å². The third kappa shape index (κ3) is 3.17. The number of benzene rings is 1. The van der Waals surface area contributed by atoms with Crippen LogP contribution in [0.3, 0.4) is 0 Å².